The summed E-state index contributed by atoms with van der Waals surface area (Å²) in [5.74, 6) is 0.323. The monoisotopic (exact) mass is 347 g/mol. The Morgan fingerprint density at radius 3 is 3.08 bits per heavy atom. The largest absolute Gasteiger partial charge is 0.488 e. The summed E-state index contributed by atoms with van der Waals surface area (Å²) in [4.78, 5) is 15.6. The van der Waals surface area contributed by atoms with Crippen LogP contribution in [0.2, 0.25) is 0 Å². The highest BCUT2D eigenvalue weighted by Crippen LogP contribution is 2.31. The van der Waals surface area contributed by atoms with Gasteiger partial charge in [-0.25, -0.2) is 4.98 Å². The fraction of sp³-hybridized carbons (Fsp3) is 0.412. The minimum Gasteiger partial charge on any atom is -0.488 e. The van der Waals surface area contributed by atoms with Gasteiger partial charge in [0, 0.05) is 19.7 Å². The molecule has 0 bridgehead atoms. The third-order valence-corrected chi connectivity index (χ3v) is 3.76. The molecule has 2 aromatic heterocycles. The first-order chi connectivity index (χ1) is 12.1. The molecule has 0 saturated carbocycles. The molecule has 134 valence electrons. The van der Waals surface area contributed by atoms with Crippen LogP contribution in [0.1, 0.15) is 24.6 Å². The van der Waals surface area contributed by atoms with Crippen LogP contribution in [0.4, 0.5) is 5.82 Å². The Balaban J connectivity index is 1.94. The van der Waals surface area contributed by atoms with E-state index < -0.39 is 5.97 Å². The number of carboxylic acids is 1. The number of nitrogens with one attached hydrogen (secondary N) is 1. The summed E-state index contributed by atoms with van der Waals surface area (Å²) in [6, 6.07) is 3.79. The smallest absolute Gasteiger partial charge is 0.322 e. The van der Waals surface area contributed by atoms with Crippen molar-refractivity contribution in [2.45, 2.75) is 26.1 Å². The maximum Gasteiger partial charge on any atom is 0.322 e. The number of hydrogen-bond donors (Lipinski definition) is 2. The molecule has 1 atom stereocenters. The molecule has 0 fully saturated rings. The molecule has 8 heteroatoms. The maximum absolute atomic E-state index is 10.9. The van der Waals surface area contributed by atoms with Crippen LogP contribution in [-0.2, 0) is 25.6 Å². The van der Waals surface area contributed by atoms with E-state index in [1.54, 1.807) is 7.11 Å². The van der Waals surface area contributed by atoms with Crippen molar-refractivity contribution in [3.05, 3.63) is 35.7 Å². The summed E-state index contributed by atoms with van der Waals surface area (Å²) >= 11 is 0. The fourth-order valence-electron chi connectivity index (χ4n) is 2.66. The van der Waals surface area contributed by atoms with Gasteiger partial charge in [-0.2, -0.15) is 0 Å². The number of fused-ring (bicyclic) bond motifs is 1. The van der Waals surface area contributed by atoms with E-state index in [0.717, 1.165) is 12.0 Å². The maximum atomic E-state index is 10.9. The van der Waals surface area contributed by atoms with Gasteiger partial charge in [0.25, 0.3) is 0 Å². The lowest BCUT2D eigenvalue weighted by Gasteiger charge is -2.10. The zero-order chi connectivity index (χ0) is 17.8. The number of hydrogen-bond acceptors (Lipinski definition) is 6. The molecule has 0 aromatic carbocycles. The average molecular weight is 347 g/mol. The number of methoxy groups -OCH3 is 1. The third kappa shape index (κ3) is 3.92. The summed E-state index contributed by atoms with van der Waals surface area (Å²) < 4.78 is 17.8. The van der Waals surface area contributed by atoms with Crippen LogP contribution in [0, 0.1) is 0 Å². The van der Waals surface area contributed by atoms with Crippen LogP contribution in [0.5, 0.6) is 0 Å². The summed E-state index contributed by atoms with van der Waals surface area (Å²) in [5, 5.41) is 11.9. The van der Waals surface area contributed by atoms with E-state index >= 15 is 0 Å². The van der Waals surface area contributed by atoms with Gasteiger partial charge in [-0.05, 0) is 30.7 Å². The molecule has 1 aliphatic rings. The molecule has 2 N–H and O–H groups in total. The Hall–Kier alpha value is -2.58. The lowest BCUT2D eigenvalue weighted by molar-refractivity contribution is -0.134. The molecule has 25 heavy (non-hydrogen) atoms. The van der Waals surface area contributed by atoms with E-state index in [1.165, 1.54) is 0 Å². The molecule has 0 radical (unpaired) electrons. The van der Waals surface area contributed by atoms with Crippen LogP contribution in [0.25, 0.3) is 11.4 Å². The van der Waals surface area contributed by atoms with Gasteiger partial charge in [-0.1, -0.05) is 0 Å². The molecule has 1 unspecified atom stereocenters. The molecule has 0 aliphatic carbocycles. The molecule has 3 rings (SSSR count). The minimum absolute atomic E-state index is 0.0881. The van der Waals surface area contributed by atoms with Gasteiger partial charge in [0.2, 0.25) is 0 Å². The number of nitrogens with zero attached hydrogens (tertiary/aromatic N) is 2. The molecule has 0 amide bonds. The molecule has 0 saturated heterocycles. The first kappa shape index (κ1) is 17.2. The predicted octanol–water partition coefficient (Wildman–Crippen LogP) is 2.10. The van der Waals surface area contributed by atoms with Crippen molar-refractivity contribution in [2.75, 3.05) is 25.8 Å². The average Bonchev–Trinajstić information content (AvgIpc) is 3.16. The van der Waals surface area contributed by atoms with Gasteiger partial charge in [0.15, 0.2) is 0 Å². The van der Waals surface area contributed by atoms with E-state index in [0.29, 0.717) is 29.5 Å². The Morgan fingerprint density at radius 1 is 1.56 bits per heavy atom. The normalized spacial score (nSPS) is 16.7. The van der Waals surface area contributed by atoms with Crippen LogP contribution < -0.4 is 5.32 Å². The van der Waals surface area contributed by atoms with Gasteiger partial charge in [0.1, 0.15) is 36.3 Å². The molecular formula is C17H21N3O5. The number of pyridine rings is 1. The van der Waals surface area contributed by atoms with Gasteiger partial charge in [-0.3, -0.25) is 9.20 Å². The highest BCUT2D eigenvalue weighted by Gasteiger charge is 2.23. The van der Waals surface area contributed by atoms with Crippen molar-refractivity contribution in [1.29, 1.82) is 0 Å². The van der Waals surface area contributed by atoms with E-state index in [1.807, 2.05) is 35.7 Å². The predicted molar refractivity (Wildman–Crippen MR) is 91.1 cm³/mol. The van der Waals surface area contributed by atoms with Crippen LogP contribution in [-0.4, -0.2) is 47.0 Å². The number of carboxylic acid groups (broad SMARTS) is 1. The number of anilines is 1. The third-order valence-electron chi connectivity index (χ3n) is 3.76. The molecule has 0 spiro atoms. The molecule has 1 aliphatic heterocycles. The standard InChI is InChI=1S/C17H21N3O5/c1-11-3-4-13(25-11)16-17(18-8-15(21)22)20-6-5-12(7-14(20)19-16)9-24-10-23-2/h4-7,11,18H,3,8-10H2,1-2H3,(H,21,22). The summed E-state index contributed by atoms with van der Waals surface area (Å²) in [6.07, 6.45) is 4.70. The van der Waals surface area contributed by atoms with Crippen molar-refractivity contribution in [2.24, 2.45) is 0 Å². The number of carbonyl (C=O) groups is 1. The molecule has 3 heterocycles. The first-order valence-corrected chi connectivity index (χ1v) is 7.99. The van der Waals surface area contributed by atoms with Crippen molar-refractivity contribution in [3.63, 3.8) is 0 Å². The van der Waals surface area contributed by atoms with Crippen LogP contribution in [0.3, 0.4) is 0 Å². The SMILES string of the molecule is COCOCc1ccn2c(NCC(=O)O)c(C3=CCC(C)O3)nc2c1. The number of aliphatic carboxylic acids is 1. The minimum atomic E-state index is -0.944. The van der Waals surface area contributed by atoms with Crippen molar-refractivity contribution >= 4 is 23.2 Å². The highest BCUT2D eigenvalue weighted by molar-refractivity contribution is 5.77. The van der Waals surface area contributed by atoms with Crippen molar-refractivity contribution in [3.8, 4) is 0 Å². The van der Waals surface area contributed by atoms with Gasteiger partial charge >= 0.3 is 5.97 Å². The number of ether oxygens (including phenoxy) is 3. The van der Waals surface area contributed by atoms with Gasteiger partial charge in [-0.15, -0.1) is 0 Å². The molecule has 8 nitrogen and oxygen atoms in total. The van der Waals surface area contributed by atoms with E-state index in [-0.39, 0.29) is 19.4 Å². The zero-order valence-electron chi connectivity index (χ0n) is 14.2. The Bertz CT molecular complexity index is 799. The summed E-state index contributed by atoms with van der Waals surface area (Å²) in [6.45, 7) is 2.40. The summed E-state index contributed by atoms with van der Waals surface area (Å²) in [5.41, 5.74) is 2.24. The lowest BCUT2D eigenvalue weighted by atomic mass is 10.3. The van der Waals surface area contributed by atoms with E-state index in [2.05, 4.69) is 10.3 Å². The lowest BCUT2D eigenvalue weighted by Crippen LogP contribution is -2.14. The van der Waals surface area contributed by atoms with Gasteiger partial charge < -0.3 is 24.6 Å². The van der Waals surface area contributed by atoms with E-state index in [9.17, 15) is 4.79 Å². The number of aromatic nitrogens is 2. The summed E-state index contributed by atoms with van der Waals surface area (Å²) in [7, 11) is 1.57. The Kier molecular flexibility index (Phi) is 5.20. The molecular weight excluding hydrogens is 326 g/mol. The molecule has 2 aromatic rings. The Labute approximate surface area is 145 Å². The van der Waals surface area contributed by atoms with E-state index in [4.69, 9.17) is 19.3 Å². The fourth-order valence-corrected chi connectivity index (χ4v) is 2.66. The van der Waals surface area contributed by atoms with Crippen molar-refractivity contribution in [1.82, 2.24) is 9.38 Å². The van der Waals surface area contributed by atoms with Gasteiger partial charge in [0.05, 0.1) is 12.7 Å². The number of imidazole rings is 1. The zero-order valence-corrected chi connectivity index (χ0v) is 14.2. The quantitative estimate of drug-likeness (QED) is 0.558. The second-order valence-electron chi connectivity index (χ2n) is 5.81. The van der Waals surface area contributed by atoms with Crippen LogP contribution >= 0.6 is 0 Å². The highest BCUT2D eigenvalue weighted by atomic mass is 16.7. The second-order valence-corrected chi connectivity index (χ2v) is 5.81. The Morgan fingerprint density at radius 2 is 2.40 bits per heavy atom. The topological polar surface area (TPSA) is 94.3 Å². The van der Waals surface area contributed by atoms with Crippen molar-refractivity contribution < 1.29 is 24.1 Å². The second kappa shape index (κ2) is 7.54. The first-order valence-electron chi connectivity index (χ1n) is 7.99. The number of rotatable bonds is 8. The van der Waals surface area contributed by atoms with Crippen LogP contribution in [0.15, 0.2) is 24.4 Å².